The minimum atomic E-state index is -0.408. The Kier molecular flexibility index (Phi) is 5.64. The van der Waals surface area contributed by atoms with E-state index in [1.807, 2.05) is 26.0 Å². The van der Waals surface area contributed by atoms with E-state index in [1.165, 1.54) is 11.8 Å². The highest BCUT2D eigenvalue weighted by atomic mass is 16.5. The van der Waals surface area contributed by atoms with Gasteiger partial charge < -0.3 is 9.47 Å². The lowest BCUT2D eigenvalue weighted by Gasteiger charge is -2.16. The van der Waals surface area contributed by atoms with E-state index >= 15 is 0 Å². The number of nitrogens with one attached hydrogen (secondary N) is 1. The molecule has 7 nitrogen and oxygen atoms in total. The lowest BCUT2D eigenvalue weighted by Crippen LogP contribution is -2.35. The van der Waals surface area contributed by atoms with Crippen molar-refractivity contribution in [2.75, 3.05) is 19.6 Å². The summed E-state index contributed by atoms with van der Waals surface area (Å²) >= 11 is 0. The van der Waals surface area contributed by atoms with Gasteiger partial charge in [-0.2, -0.15) is 4.68 Å². The summed E-state index contributed by atoms with van der Waals surface area (Å²) < 4.78 is 11.9. The molecule has 32 heavy (non-hydrogen) atoms. The minimum absolute atomic E-state index is 0.284. The van der Waals surface area contributed by atoms with Gasteiger partial charge in [-0.25, -0.2) is 4.98 Å². The third kappa shape index (κ3) is 3.80. The molecule has 1 heterocycles. The van der Waals surface area contributed by atoms with Gasteiger partial charge in [0.2, 0.25) is 0 Å². The second-order valence-corrected chi connectivity index (χ2v) is 7.40. The number of aryl methyl sites for hydroxylation is 2. The second kappa shape index (κ2) is 8.55. The van der Waals surface area contributed by atoms with Crippen molar-refractivity contribution in [2.24, 2.45) is 0 Å². The molecule has 0 aliphatic heterocycles. The molecule has 0 fully saturated rings. The number of nitrogens with zero attached hydrogens (tertiary/aromatic N) is 2. The summed E-state index contributed by atoms with van der Waals surface area (Å²) in [6, 6.07) is 17.6. The van der Waals surface area contributed by atoms with Crippen molar-refractivity contribution in [3.8, 4) is 22.9 Å². The number of carbonyl (C=O) groups excluding carboxylic acids is 1. The van der Waals surface area contributed by atoms with Crippen molar-refractivity contribution in [3.05, 3.63) is 87.7 Å². The number of aromatic nitrogens is 2. The van der Waals surface area contributed by atoms with Crippen LogP contribution in [0.25, 0.3) is 22.3 Å². The number of carbonyl (C=O) groups is 1. The van der Waals surface area contributed by atoms with Gasteiger partial charge in [-0.1, -0.05) is 18.2 Å². The Morgan fingerprint density at radius 1 is 0.906 bits per heavy atom. The predicted molar refractivity (Wildman–Crippen MR) is 124 cm³/mol. The molecule has 0 aliphatic carbocycles. The fourth-order valence-electron chi connectivity index (χ4n) is 3.45. The summed E-state index contributed by atoms with van der Waals surface area (Å²) in [7, 11) is 3.08. The Hall–Kier alpha value is -4.13. The molecule has 0 aliphatic rings. The van der Waals surface area contributed by atoms with E-state index in [1.54, 1.807) is 55.6 Å². The van der Waals surface area contributed by atoms with Crippen molar-refractivity contribution in [2.45, 2.75) is 13.8 Å². The van der Waals surface area contributed by atoms with E-state index in [2.05, 4.69) is 10.4 Å². The van der Waals surface area contributed by atoms with Gasteiger partial charge in [0.15, 0.2) is 17.3 Å². The summed E-state index contributed by atoms with van der Waals surface area (Å²) in [5.41, 5.74) is 5.99. The molecule has 1 amide bonds. The standard InChI is InChI=1S/C25H23N3O4/c1-15-9-10-18(13-16(15)2)24(29)27-28-23(17-11-12-21(31-3)22(14-17)32-4)26-20-8-6-5-7-19(20)25(28)30/h5-14H,1-4H3,(H,27,29). The van der Waals surface area contributed by atoms with Gasteiger partial charge in [-0.05, 0) is 67.4 Å². The molecule has 3 aromatic carbocycles. The molecule has 0 radical (unpaired) electrons. The first-order valence-electron chi connectivity index (χ1n) is 10.1. The number of fused-ring (bicyclic) bond motifs is 1. The molecule has 4 aromatic rings. The maximum atomic E-state index is 13.3. The zero-order chi connectivity index (χ0) is 22.8. The molecule has 0 bridgehead atoms. The fraction of sp³-hybridized carbons (Fsp3) is 0.160. The number of hydrogen-bond acceptors (Lipinski definition) is 5. The molecule has 7 heteroatoms. The molecule has 4 rings (SSSR count). The van der Waals surface area contributed by atoms with Crippen molar-refractivity contribution >= 4 is 16.8 Å². The molecule has 162 valence electrons. The first kappa shape index (κ1) is 21.1. The first-order valence-corrected chi connectivity index (χ1v) is 10.1. The third-order valence-corrected chi connectivity index (χ3v) is 5.40. The zero-order valence-electron chi connectivity index (χ0n) is 18.3. The number of benzene rings is 3. The average molecular weight is 429 g/mol. The van der Waals surface area contributed by atoms with E-state index in [4.69, 9.17) is 9.47 Å². The lowest BCUT2D eigenvalue weighted by molar-refractivity contribution is 0.101. The van der Waals surface area contributed by atoms with Gasteiger partial charge >= 0.3 is 0 Å². The summed E-state index contributed by atoms with van der Waals surface area (Å²) in [4.78, 5) is 31.0. The number of amides is 1. The van der Waals surface area contributed by atoms with Crippen LogP contribution in [0.4, 0.5) is 0 Å². The summed E-state index contributed by atoms with van der Waals surface area (Å²) in [6.45, 7) is 3.91. The first-order chi connectivity index (χ1) is 15.4. The topological polar surface area (TPSA) is 82.5 Å². The van der Waals surface area contributed by atoms with E-state index in [9.17, 15) is 9.59 Å². The highest BCUT2D eigenvalue weighted by molar-refractivity contribution is 6.00. The number of methoxy groups -OCH3 is 2. The van der Waals surface area contributed by atoms with Crippen LogP contribution in [0.3, 0.4) is 0 Å². The van der Waals surface area contributed by atoms with Crippen LogP contribution in [0.15, 0.2) is 65.5 Å². The van der Waals surface area contributed by atoms with E-state index in [0.29, 0.717) is 33.5 Å². The van der Waals surface area contributed by atoms with Gasteiger partial charge in [0.1, 0.15) is 0 Å². The van der Waals surface area contributed by atoms with Crippen LogP contribution in [0, 0.1) is 13.8 Å². The molecule has 1 N–H and O–H groups in total. The Balaban J connectivity index is 1.89. The molecular formula is C25H23N3O4. The lowest BCUT2D eigenvalue weighted by atomic mass is 10.1. The van der Waals surface area contributed by atoms with Crippen LogP contribution in [0.2, 0.25) is 0 Å². The highest BCUT2D eigenvalue weighted by Crippen LogP contribution is 2.31. The minimum Gasteiger partial charge on any atom is -0.493 e. The monoisotopic (exact) mass is 429 g/mol. The normalized spacial score (nSPS) is 10.8. The molecule has 0 spiro atoms. The summed E-state index contributed by atoms with van der Waals surface area (Å²) in [5.74, 6) is 0.908. The molecule has 0 atom stereocenters. The van der Waals surface area contributed by atoms with Crippen molar-refractivity contribution in [1.82, 2.24) is 9.66 Å². The Bertz CT molecular complexity index is 1390. The van der Waals surface area contributed by atoms with Crippen molar-refractivity contribution < 1.29 is 14.3 Å². The average Bonchev–Trinajstić information content (AvgIpc) is 2.82. The van der Waals surface area contributed by atoms with E-state index in [0.717, 1.165) is 11.1 Å². The Morgan fingerprint density at radius 2 is 1.66 bits per heavy atom. The van der Waals surface area contributed by atoms with Crippen LogP contribution >= 0.6 is 0 Å². The smallest absolute Gasteiger partial charge is 0.280 e. The molecule has 1 aromatic heterocycles. The number of rotatable bonds is 5. The van der Waals surface area contributed by atoms with Crippen LogP contribution < -0.4 is 20.5 Å². The number of para-hydroxylation sites is 1. The largest absolute Gasteiger partial charge is 0.493 e. The Labute approximate surface area is 185 Å². The van der Waals surface area contributed by atoms with Crippen LogP contribution in [-0.2, 0) is 0 Å². The van der Waals surface area contributed by atoms with E-state index < -0.39 is 5.91 Å². The maximum Gasteiger partial charge on any atom is 0.280 e. The van der Waals surface area contributed by atoms with Gasteiger partial charge in [0.05, 0.1) is 25.1 Å². The van der Waals surface area contributed by atoms with Gasteiger partial charge in [0.25, 0.3) is 11.5 Å². The fourth-order valence-corrected chi connectivity index (χ4v) is 3.45. The van der Waals surface area contributed by atoms with Crippen LogP contribution in [0.1, 0.15) is 21.5 Å². The third-order valence-electron chi connectivity index (χ3n) is 5.40. The summed E-state index contributed by atoms with van der Waals surface area (Å²) in [5, 5.41) is 0.400. The molecular weight excluding hydrogens is 406 g/mol. The molecule has 0 saturated heterocycles. The van der Waals surface area contributed by atoms with E-state index in [-0.39, 0.29) is 11.4 Å². The predicted octanol–water partition coefficient (Wildman–Crippen LogP) is 4.08. The SMILES string of the molecule is COc1ccc(-c2nc3ccccc3c(=O)n2NC(=O)c2ccc(C)c(C)c2)cc1OC. The zero-order valence-corrected chi connectivity index (χ0v) is 18.3. The second-order valence-electron chi connectivity index (χ2n) is 7.40. The molecule has 0 saturated carbocycles. The number of hydrogen-bond donors (Lipinski definition) is 1. The number of ether oxygens (including phenoxy) is 2. The highest BCUT2D eigenvalue weighted by Gasteiger charge is 2.18. The molecule has 0 unspecified atom stereocenters. The van der Waals surface area contributed by atoms with Crippen LogP contribution in [0.5, 0.6) is 11.5 Å². The van der Waals surface area contributed by atoms with Gasteiger partial charge in [-0.15, -0.1) is 0 Å². The summed E-state index contributed by atoms with van der Waals surface area (Å²) in [6.07, 6.45) is 0. The van der Waals surface area contributed by atoms with Crippen molar-refractivity contribution in [1.29, 1.82) is 0 Å². The quantitative estimate of drug-likeness (QED) is 0.517. The van der Waals surface area contributed by atoms with Gasteiger partial charge in [-0.3, -0.25) is 15.0 Å². The Morgan fingerprint density at radius 3 is 2.38 bits per heavy atom. The van der Waals surface area contributed by atoms with Crippen LogP contribution in [-0.4, -0.2) is 29.8 Å². The van der Waals surface area contributed by atoms with Gasteiger partial charge in [0, 0.05) is 11.1 Å². The van der Waals surface area contributed by atoms with Crippen molar-refractivity contribution in [3.63, 3.8) is 0 Å². The maximum absolute atomic E-state index is 13.3.